The van der Waals surface area contributed by atoms with Gasteiger partial charge in [0.05, 0.1) is 25.6 Å². The Morgan fingerprint density at radius 1 is 0.815 bits per heavy atom. The molecule has 4 nitrogen and oxygen atoms in total. The van der Waals surface area contributed by atoms with Crippen LogP contribution in [-0.4, -0.2) is 24.2 Å². The zero-order chi connectivity index (χ0) is 18.6. The minimum absolute atomic E-state index is 0.841. The molecule has 1 saturated carbocycles. The van der Waals surface area contributed by atoms with E-state index in [9.17, 15) is 0 Å². The molecule has 1 N–H and O–H groups in total. The quantitative estimate of drug-likeness (QED) is 0.633. The number of H-pyrrole nitrogens is 1. The van der Waals surface area contributed by atoms with Gasteiger partial charge in [-0.2, -0.15) is 0 Å². The third-order valence-corrected chi connectivity index (χ3v) is 5.05. The molecular weight excluding hydrogens is 336 g/mol. The van der Waals surface area contributed by atoms with Crippen LogP contribution in [0.3, 0.4) is 0 Å². The van der Waals surface area contributed by atoms with Crippen LogP contribution in [0.2, 0.25) is 0 Å². The molecule has 0 radical (unpaired) electrons. The Hall–Kier alpha value is -3.01. The molecule has 0 aliphatic heterocycles. The number of nitrogens with zero attached hydrogens (tertiary/aromatic N) is 1. The summed E-state index contributed by atoms with van der Waals surface area (Å²) in [5, 5.41) is 0. The summed E-state index contributed by atoms with van der Waals surface area (Å²) in [6.45, 7) is 0. The molecule has 1 aliphatic carbocycles. The number of hydrogen-bond acceptors (Lipinski definition) is 3. The zero-order valence-electron chi connectivity index (χ0n) is 15.8. The molecule has 0 bridgehead atoms. The lowest BCUT2D eigenvalue weighted by Gasteiger charge is -2.06. The van der Waals surface area contributed by atoms with E-state index in [-0.39, 0.29) is 0 Å². The predicted molar refractivity (Wildman–Crippen MR) is 109 cm³/mol. The van der Waals surface area contributed by atoms with E-state index in [0.717, 1.165) is 39.8 Å². The highest BCUT2D eigenvalue weighted by atomic mass is 16.5. The predicted octanol–water partition coefficient (Wildman–Crippen LogP) is 5.72. The first kappa shape index (κ1) is 17.4. The molecule has 0 saturated heterocycles. The van der Waals surface area contributed by atoms with Crippen molar-refractivity contribution in [3.63, 3.8) is 0 Å². The monoisotopic (exact) mass is 360 g/mol. The van der Waals surface area contributed by atoms with E-state index in [1.54, 1.807) is 14.2 Å². The summed E-state index contributed by atoms with van der Waals surface area (Å²) in [5.74, 6) is 2.61. The summed E-state index contributed by atoms with van der Waals surface area (Å²) in [5.41, 5.74) is 5.60. The summed E-state index contributed by atoms with van der Waals surface area (Å²) in [4.78, 5) is 8.44. The topological polar surface area (TPSA) is 47.1 Å². The number of methoxy groups -OCH3 is 2. The van der Waals surface area contributed by atoms with Gasteiger partial charge in [-0.3, -0.25) is 0 Å². The lowest BCUT2D eigenvalue weighted by atomic mass is 10.0. The minimum atomic E-state index is 0.841. The highest BCUT2D eigenvalue weighted by molar-refractivity contribution is 5.80. The number of rotatable bonds is 5. The lowest BCUT2D eigenvalue weighted by molar-refractivity contribution is 0.414. The number of aromatic nitrogens is 2. The van der Waals surface area contributed by atoms with Crippen molar-refractivity contribution in [2.45, 2.75) is 25.7 Å². The van der Waals surface area contributed by atoms with Crippen molar-refractivity contribution in [3.05, 3.63) is 59.9 Å². The van der Waals surface area contributed by atoms with Gasteiger partial charge in [0.2, 0.25) is 0 Å². The van der Waals surface area contributed by atoms with Crippen LogP contribution in [0.4, 0.5) is 0 Å². The van der Waals surface area contributed by atoms with Crippen LogP contribution in [0.1, 0.15) is 31.5 Å². The molecule has 0 amide bonds. The second-order valence-corrected chi connectivity index (χ2v) is 6.81. The average molecular weight is 360 g/mol. The van der Waals surface area contributed by atoms with Crippen LogP contribution in [0.5, 0.6) is 11.5 Å². The number of aromatic amines is 1. The molecule has 4 heteroatoms. The Labute approximate surface area is 159 Å². The van der Waals surface area contributed by atoms with Gasteiger partial charge in [-0.15, -0.1) is 0 Å². The summed E-state index contributed by atoms with van der Waals surface area (Å²) in [7, 11) is 3.36. The maximum Gasteiger partial charge on any atom is 0.131 e. The van der Waals surface area contributed by atoms with Gasteiger partial charge >= 0.3 is 0 Å². The number of benzene rings is 2. The van der Waals surface area contributed by atoms with Crippen LogP contribution >= 0.6 is 0 Å². The summed E-state index contributed by atoms with van der Waals surface area (Å²) >= 11 is 0. The molecule has 1 heterocycles. The van der Waals surface area contributed by atoms with E-state index in [1.807, 2.05) is 24.3 Å². The molecule has 1 aromatic heterocycles. The van der Waals surface area contributed by atoms with Crippen molar-refractivity contribution in [3.8, 4) is 34.0 Å². The summed E-state index contributed by atoms with van der Waals surface area (Å²) in [6, 6.07) is 16.1. The van der Waals surface area contributed by atoms with Crippen molar-refractivity contribution >= 4 is 6.08 Å². The van der Waals surface area contributed by atoms with E-state index in [0.29, 0.717) is 0 Å². The first-order valence-corrected chi connectivity index (χ1v) is 9.35. The van der Waals surface area contributed by atoms with Gasteiger partial charge in [0.1, 0.15) is 17.3 Å². The number of imidazole rings is 1. The van der Waals surface area contributed by atoms with Crippen molar-refractivity contribution < 1.29 is 9.47 Å². The Balaban J connectivity index is 1.78. The zero-order valence-corrected chi connectivity index (χ0v) is 15.8. The highest BCUT2D eigenvalue weighted by Gasteiger charge is 2.15. The fourth-order valence-electron chi connectivity index (χ4n) is 3.55. The van der Waals surface area contributed by atoms with E-state index >= 15 is 0 Å². The Morgan fingerprint density at radius 2 is 1.37 bits per heavy atom. The van der Waals surface area contributed by atoms with Crippen molar-refractivity contribution in [1.82, 2.24) is 9.97 Å². The van der Waals surface area contributed by atoms with Crippen molar-refractivity contribution in [2.75, 3.05) is 14.2 Å². The summed E-state index contributed by atoms with van der Waals surface area (Å²) in [6.07, 6.45) is 7.13. The van der Waals surface area contributed by atoms with E-state index in [4.69, 9.17) is 14.5 Å². The van der Waals surface area contributed by atoms with E-state index < -0.39 is 0 Å². The second kappa shape index (κ2) is 7.70. The third-order valence-electron chi connectivity index (χ3n) is 5.05. The molecule has 1 aliphatic rings. The Bertz CT molecular complexity index is 865. The first-order valence-electron chi connectivity index (χ1n) is 9.35. The molecular formula is C23H24N2O2. The molecule has 3 aromatic rings. The van der Waals surface area contributed by atoms with Crippen LogP contribution in [-0.2, 0) is 0 Å². The van der Waals surface area contributed by atoms with Crippen LogP contribution in [0.15, 0.2) is 54.1 Å². The molecule has 0 atom stereocenters. The molecule has 0 unspecified atom stereocenters. The summed E-state index contributed by atoms with van der Waals surface area (Å²) < 4.78 is 10.6. The van der Waals surface area contributed by atoms with Gasteiger partial charge in [0.25, 0.3) is 0 Å². The standard InChI is InChI=1S/C23H24N2O2/c1-26-19-11-7-17(8-12-19)22-23(18-9-13-20(27-2)14-10-18)25-21(24-22)15-16-5-3-4-6-16/h7-15H,3-6H2,1-2H3,(H,24,25). The van der Waals surface area contributed by atoms with Gasteiger partial charge in [-0.25, -0.2) is 4.98 Å². The fraction of sp³-hybridized carbons (Fsp3) is 0.261. The average Bonchev–Trinajstić information content (AvgIpc) is 3.38. The minimum Gasteiger partial charge on any atom is -0.497 e. The second-order valence-electron chi connectivity index (χ2n) is 6.81. The molecule has 138 valence electrons. The van der Waals surface area contributed by atoms with Gasteiger partial charge < -0.3 is 14.5 Å². The van der Waals surface area contributed by atoms with Gasteiger partial charge in [0, 0.05) is 11.1 Å². The number of ether oxygens (including phenoxy) is 2. The molecule has 2 aromatic carbocycles. The normalized spacial score (nSPS) is 13.6. The molecule has 4 rings (SSSR count). The fourth-order valence-corrected chi connectivity index (χ4v) is 3.55. The first-order chi connectivity index (χ1) is 13.3. The van der Waals surface area contributed by atoms with Crippen LogP contribution < -0.4 is 9.47 Å². The van der Waals surface area contributed by atoms with E-state index in [1.165, 1.54) is 31.3 Å². The maximum atomic E-state index is 5.29. The highest BCUT2D eigenvalue weighted by Crippen LogP contribution is 2.33. The molecule has 1 fully saturated rings. The number of hydrogen-bond donors (Lipinski definition) is 1. The largest absolute Gasteiger partial charge is 0.497 e. The van der Waals surface area contributed by atoms with Crippen molar-refractivity contribution in [1.29, 1.82) is 0 Å². The Morgan fingerprint density at radius 3 is 1.93 bits per heavy atom. The van der Waals surface area contributed by atoms with E-state index in [2.05, 4.69) is 35.3 Å². The maximum absolute atomic E-state index is 5.29. The van der Waals surface area contributed by atoms with Gasteiger partial charge in [-0.05, 0) is 80.3 Å². The smallest absolute Gasteiger partial charge is 0.131 e. The van der Waals surface area contributed by atoms with Crippen LogP contribution in [0, 0.1) is 0 Å². The van der Waals surface area contributed by atoms with Crippen molar-refractivity contribution in [2.24, 2.45) is 0 Å². The Kier molecular flexibility index (Phi) is 4.97. The molecule has 0 spiro atoms. The lowest BCUT2D eigenvalue weighted by Crippen LogP contribution is -1.87. The molecule has 27 heavy (non-hydrogen) atoms. The number of allylic oxidation sites excluding steroid dienone is 1. The number of nitrogens with one attached hydrogen (secondary N) is 1. The van der Waals surface area contributed by atoms with Crippen LogP contribution in [0.25, 0.3) is 28.6 Å². The van der Waals surface area contributed by atoms with Gasteiger partial charge in [-0.1, -0.05) is 5.57 Å². The van der Waals surface area contributed by atoms with Gasteiger partial charge in [0.15, 0.2) is 0 Å². The third kappa shape index (κ3) is 3.75. The SMILES string of the molecule is COc1ccc(-c2nc(C=C3CCCC3)[nH]c2-c2ccc(OC)cc2)cc1.